The summed E-state index contributed by atoms with van der Waals surface area (Å²) in [5.41, 5.74) is 0.890. The van der Waals surface area contributed by atoms with E-state index in [2.05, 4.69) is 11.7 Å². The van der Waals surface area contributed by atoms with E-state index in [4.69, 9.17) is 0 Å². The summed E-state index contributed by atoms with van der Waals surface area (Å²) in [5.74, 6) is -2.12. The molecule has 0 aliphatic rings. The lowest BCUT2D eigenvalue weighted by Gasteiger charge is -2.30. The van der Waals surface area contributed by atoms with Gasteiger partial charge < -0.3 is 9.64 Å². The van der Waals surface area contributed by atoms with Crippen LogP contribution in [0.3, 0.4) is 0 Å². The number of halogens is 3. The summed E-state index contributed by atoms with van der Waals surface area (Å²) in [5, 5.41) is 0. The van der Waals surface area contributed by atoms with Gasteiger partial charge in [0.2, 0.25) is 0 Å². The van der Waals surface area contributed by atoms with Gasteiger partial charge in [-0.1, -0.05) is 63.6 Å². The van der Waals surface area contributed by atoms with Crippen molar-refractivity contribution < 1.29 is 22.7 Å². The van der Waals surface area contributed by atoms with Crippen LogP contribution in [0.4, 0.5) is 18.9 Å². The minimum Gasteiger partial charge on any atom is -0.457 e. The molecule has 6 heteroatoms. The first-order valence-corrected chi connectivity index (χ1v) is 8.88. The number of para-hydroxylation sites is 1. The molecule has 0 spiro atoms. The Labute approximate surface area is 148 Å². The average molecular weight is 359 g/mol. The minimum absolute atomic E-state index is 0.265. The number of hydrogen-bond acceptors (Lipinski definition) is 3. The summed E-state index contributed by atoms with van der Waals surface area (Å²) in [6.45, 7) is 1.89. The van der Waals surface area contributed by atoms with Crippen LogP contribution in [0.2, 0.25) is 0 Å². The van der Waals surface area contributed by atoms with Gasteiger partial charge >= 0.3 is 12.1 Å². The van der Waals surface area contributed by atoms with Crippen LogP contribution in [0, 0.1) is 0 Å². The predicted molar refractivity (Wildman–Crippen MR) is 93.6 cm³/mol. The molecule has 1 atom stereocenters. The number of likely N-dealkylation sites (N-methyl/N-ethyl adjacent to an activating group) is 1. The monoisotopic (exact) mass is 359 g/mol. The van der Waals surface area contributed by atoms with Gasteiger partial charge in [0.1, 0.15) is 6.61 Å². The van der Waals surface area contributed by atoms with Crippen molar-refractivity contribution in [3.05, 3.63) is 30.3 Å². The summed E-state index contributed by atoms with van der Waals surface area (Å²) in [7, 11) is 1.82. The van der Waals surface area contributed by atoms with Crippen molar-refractivity contribution in [3.63, 3.8) is 0 Å². The molecule has 142 valence electrons. The first-order valence-electron chi connectivity index (χ1n) is 8.88. The van der Waals surface area contributed by atoms with Crippen molar-refractivity contribution in [2.45, 2.75) is 64.1 Å². The number of unbranched alkanes of at least 4 members (excludes halogenated alkanes) is 5. The topological polar surface area (TPSA) is 29.5 Å². The second-order valence-corrected chi connectivity index (χ2v) is 6.25. The molecule has 1 aromatic rings. The number of ether oxygens (including phenoxy) is 1. The molecule has 1 rings (SSSR count). The number of anilines is 1. The highest BCUT2D eigenvalue weighted by molar-refractivity contribution is 5.75. The van der Waals surface area contributed by atoms with Gasteiger partial charge in [-0.25, -0.2) is 4.79 Å². The summed E-state index contributed by atoms with van der Waals surface area (Å²) < 4.78 is 41.6. The molecule has 1 aromatic carbocycles. The van der Waals surface area contributed by atoms with E-state index in [-0.39, 0.29) is 12.6 Å². The van der Waals surface area contributed by atoms with Crippen LogP contribution in [0.25, 0.3) is 0 Å². The Hall–Kier alpha value is -1.72. The van der Waals surface area contributed by atoms with Crippen molar-refractivity contribution in [2.24, 2.45) is 0 Å². The summed E-state index contributed by atoms with van der Waals surface area (Å²) in [6.07, 6.45) is 2.35. The van der Waals surface area contributed by atoms with E-state index in [0.29, 0.717) is 6.42 Å². The Morgan fingerprint density at radius 2 is 1.68 bits per heavy atom. The smallest absolute Gasteiger partial charge is 0.457 e. The van der Waals surface area contributed by atoms with E-state index in [1.165, 1.54) is 19.3 Å². The molecule has 0 saturated heterocycles. The molecule has 0 bridgehead atoms. The molecular formula is C19H28F3NO2. The normalized spacial score (nSPS) is 12.7. The molecule has 0 aliphatic heterocycles. The third-order valence-electron chi connectivity index (χ3n) is 4.24. The van der Waals surface area contributed by atoms with Gasteiger partial charge in [-0.2, -0.15) is 13.2 Å². The maximum absolute atomic E-state index is 12.4. The van der Waals surface area contributed by atoms with Crippen molar-refractivity contribution in [3.8, 4) is 0 Å². The number of benzene rings is 1. The van der Waals surface area contributed by atoms with Crippen molar-refractivity contribution in [2.75, 3.05) is 18.6 Å². The highest BCUT2D eigenvalue weighted by Crippen LogP contribution is 2.21. The summed E-state index contributed by atoms with van der Waals surface area (Å²) in [6, 6.07) is 9.12. The zero-order valence-corrected chi connectivity index (χ0v) is 15.0. The number of esters is 1. The van der Waals surface area contributed by atoms with Crippen molar-refractivity contribution in [1.29, 1.82) is 0 Å². The lowest BCUT2D eigenvalue weighted by Crippen LogP contribution is -2.38. The number of carbonyl (C=O) groups excluding carboxylic acids is 1. The summed E-state index contributed by atoms with van der Waals surface area (Å²) >= 11 is 0. The lowest BCUT2D eigenvalue weighted by molar-refractivity contribution is -0.200. The molecule has 1 unspecified atom stereocenters. The fourth-order valence-corrected chi connectivity index (χ4v) is 2.68. The predicted octanol–water partition coefficient (Wildman–Crippen LogP) is 5.35. The minimum atomic E-state index is -4.95. The van der Waals surface area contributed by atoms with Crippen molar-refractivity contribution >= 4 is 11.7 Å². The summed E-state index contributed by atoms with van der Waals surface area (Å²) in [4.78, 5) is 12.9. The van der Waals surface area contributed by atoms with Crippen LogP contribution in [0.1, 0.15) is 51.9 Å². The highest BCUT2D eigenvalue weighted by Gasteiger charge is 2.41. The standard InChI is InChI=1S/C19H28F3NO2/c1-3-4-5-6-7-9-14-17(15-25-18(24)19(20,21)22)23(2)16-12-10-8-11-13-16/h8,10-13,17H,3-7,9,14-15H2,1-2H3. The van der Waals surface area contributed by atoms with Crippen LogP contribution in [0.5, 0.6) is 0 Å². The SMILES string of the molecule is CCCCCCCCC(COC(=O)C(F)(F)F)N(C)c1ccccc1. The first-order chi connectivity index (χ1) is 11.9. The van der Waals surface area contributed by atoms with Gasteiger partial charge in [-0.05, 0) is 18.6 Å². The molecule has 0 aromatic heterocycles. The number of carbonyl (C=O) groups is 1. The molecule has 0 radical (unpaired) electrons. The number of rotatable bonds is 11. The van der Waals surface area contributed by atoms with Gasteiger partial charge in [0.25, 0.3) is 0 Å². The maximum Gasteiger partial charge on any atom is 0.490 e. The van der Waals surface area contributed by atoms with Crippen LogP contribution in [-0.4, -0.2) is 31.8 Å². The molecule has 25 heavy (non-hydrogen) atoms. The van der Waals surface area contributed by atoms with E-state index in [1.807, 2.05) is 42.3 Å². The van der Waals surface area contributed by atoms with Crippen LogP contribution in [-0.2, 0) is 9.53 Å². The number of nitrogens with zero attached hydrogens (tertiary/aromatic N) is 1. The highest BCUT2D eigenvalue weighted by atomic mass is 19.4. The van der Waals surface area contributed by atoms with E-state index in [1.54, 1.807) is 0 Å². The third-order valence-corrected chi connectivity index (χ3v) is 4.24. The van der Waals surface area contributed by atoms with E-state index < -0.39 is 12.1 Å². The molecule has 0 saturated carbocycles. The lowest BCUT2D eigenvalue weighted by atomic mass is 10.0. The van der Waals surface area contributed by atoms with Gasteiger partial charge in [-0.3, -0.25) is 0 Å². The molecule has 0 aliphatic carbocycles. The molecule has 0 fully saturated rings. The quantitative estimate of drug-likeness (QED) is 0.394. The fraction of sp³-hybridized carbons (Fsp3) is 0.632. The maximum atomic E-state index is 12.4. The van der Waals surface area contributed by atoms with E-state index >= 15 is 0 Å². The zero-order valence-electron chi connectivity index (χ0n) is 15.0. The largest absolute Gasteiger partial charge is 0.490 e. The molecule has 3 nitrogen and oxygen atoms in total. The molecule has 0 N–H and O–H groups in total. The molecule has 0 heterocycles. The Morgan fingerprint density at radius 3 is 2.28 bits per heavy atom. The Balaban J connectivity index is 2.58. The molecule has 0 amide bonds. The molecular weight excluding hydrogens is 331 g/mol. The second-order valence-electron chi connectivity index (χ2n) is 6.25. The van der Waals surface area contributed by atoms with Crippen LogP contribution in [0.15, 0.2) is 30.3 Å². The fourth-order valence-electron chi connectivity index (χ4n) is 2.68. The van der Waals surface area contributed by atoms with E-state index in [9.17, 15) is 18.0 Å². The number of alkyl halides is 3. The van der Waals surface area contributed by atoms with Gasteiger partial charge in [0.05, 0.1) is 6.04 Å². The second kappa shape index (κ2) is 11.0. The number of hydrogen-bond donors (Lipinski definition) is 0. The third kappa shape index (κ3) is 8.27. The van der Waals surface area contributed by atoms with Crippen LogP contribution < -0.4 is 4.90 Å². The Morgan fingerprint density at radius 1 is 1.08 bits per heavy atom. The van der Waals surface area contributed by atoms with Gasteiger partial charge in [0.15, 0.2) is 0 Å². The average Bonchev–Trinajstić information content (AvgIpc) is 2.59. The van der Waals surface area contributed by atoms with Crippen molar-refractivity contribution in [1.82, 2.24) is 0 Å². The van der Waals surface area contributed by atoms with Gasteiger partial charge in [-0.15, -0.1) is 0 Å². The van der Waals surface area contributed by atoms with Gasteiger partial charge in [0, 0.05) is 12.7 Å². The Kier molecular flexibility index (Phi) is 9.39. The Bertz CT molecular complexity index is 491. The van der Waals surface area contributed by atoms with Crippen LogP contribution >= 0.6 is 0 Å². The van der Waals surface area contributed by atoms with E-state index in [0.717, 1.165) is 24.9 Å². The first kappa shape index (κ1) is 21.3. The zero-order chi connectivity index (χ0) is 18.7.